The highest BCUT2D eigenvalue weighted by Crippen LogP contribution is 2.47. The van der Waals surface area contributed by atoms with Crippen molar-refractivity contribution in [3.63, 3.8) is 0 Å². The molecule has 8 heteroatoms. The number of alkyl halides is 3. The number of rotatable bonds is 6. The van der Waals surface area contributed by atoms with Crippen LogP contribution in [0.4, 0.5) is 13.2 Å². The standard InChI is InChI=1S/C18H19ClF3NO2S/c1-4-5-8-23-16(26-11(2)17(23)18(20,21)22)10-14(24)13-9-12(19)6-7-15(13)25-3/h6-7,9-10H,4-5,8H2,1-3H3. The number of thioether (sulfide) groups is 1. The fraction of sp³-hybridized carbons (Fsp3) is 0.389. The van der Waals surface area contributed by atoms with Crippen LogP contribution in [-0.2, 0) is 0 Å². The first-order chi connectivity index (χ1) is 12.2. The SMILES string of the molecule is CCCCN1C(=CC(=O)c2cc(Cl)ccc2OC)SC(C)=C1C(F)(F)F. The Balaban J connectivity index is 2.40. The molecule has 0 unspecified atom stereocenters. The van der Waals surface area contributed by atoms with Crippen molar-refractivity contribution in [3.8, 4) is 5.75 Å². The minimum absolute atomic E-state index is 0.130. The molecule has 1 aromatic carbocycles. The predicted molar refractivity (Wildman–Crippen MR) is 98.4 cm³/mol. The number of carbonyl (C=O) groups is 1. The zero-order valence-corrected chi connectivity index (χ0v) is 16.2. The van der Waals surface area contributed by atoms with Gasteiger partial charge in [0.15, 0.2) is 5.78 Å². The van der Waals surface area contributed by atoms with Gasteiger partial charge in [-0.1, -0.05) is 36.7 Å². The Morgan fingerprint density at radius 1 is 1.38 bits per heavy atom. The van der Waals surface area contributed by atoms with Crippen molar-refractivity contribution in [2.75, 3.05) is 13.7 Å². The minimum atomic E-state index is -4.47. The molecule has 0 spiro atoms. The fourth-order valence-corrected chi connectivity index (χ4v) is 3.89. The number of halogens is 4. The second-order valence-electron chi connectivity index (χ2n) is 5.70. The molecule has 1 aliphatic heterocycles. The van der Waals surface area contributed by atoms with E-state index in [9.17, 15) is 18.0 Å². The number of unbranched alkanes of at least 4 members (excludes halogenated alkanes) is 1. The van der Waals surface area contributed by atoms with Gasteiger partial charge in [-0.2, -0.15) is 13.2 Å². The predicted octanol–water partition coefficient (Wildman–Crippen LogP) is 6.02. The summed E-state index contributed by atoms with van der Waals surface area (Å²) in [7, 11) is 1.42. The van der Waals surface area contributed by atoms with Crippen LogP contribution in [0.1, 0.15) is 37.0 Å². The summed E-state index contributed by atoms with van der Waals surface area (Å²) in [4.78, 5) is 14.0. The van der Waals surface area contributed by atoms with Gasteiger partial charge in [-0.25, -0.2) is 0 Å². The average molecular weight is 406 g/mol. The van der Waals surface area contributed by atoms with E-state index in [1.165, 1.54) is 31.1 Å². The maximum Gasteiger partial charge on any atom is 0.432 e. The minimum Gasteiger partial charge on any atom is -0.496 e. The van der Waals surface area contributed by atoms with Crippen LogP contribution in [0, 0.1) is 0 Å². The van der Waals surface area contributed by atoms with Crippen molar-refractivity contribution < 1.29 is 22.7 Å². The number of ether oxygens (including phenoxy) is 1. The monoisotopic (exact) mass is 405 g/mol. The van der Waals surface area contributed by atoms with Gasteiger partial charge < -0.3 is 9.64 Å². The molecule has 0 N–H and O–H groups in total. The van der Waals surface area contributed by atoms with Gasteiger partial charge in [0.05, 0.1) is 17.7 Å². The molecular formula is C18H19ClF3NO2S. The summed E-state index contributed by atoms with van der Waals surface area (Å²) in [5.74, 6) is -0.135. The first kappa shape index (κ1) is 20.7. The van der Waals surface area contributed by atoms with Crippen LogP contribution in [0.25, 0.3) is 0 Å². The van der Waals surface area contributed by atoms with Crippen molar-refractivity contribution in [1.82, 2.24) is 4.90 Å². The number of carbonyl (C=O) groups excluding carboxylic acids is 1. The molecule has 0 radical (unpaired) electrons. The Morgan fingerprint density at radius 3 is 2.65 bits per heavy atom. The van der Waals surface area contributed by atoms with Crippen molar-refractivity contribution in [2.45, 2.75) is 32.9 Å². The molecule has 0 fully saturated rings. The Kier molecular flexibility index (Phi) is 6.69. The largest absolute Gasteiger partial charge is 0.496 e. The first-order valence-corrected chi connectivity index (χ1v) is 9.21. The number of ketones is 1. The smallest absolute Gasteiger partial charge is 0.432 e. The van der Waals surface area contributed by atoms with E-state index in [0.717, 1.165) is 18.2 Å². The number of benzene rings is 1. The van der Waals surface area contributed by atoms with Crippen LogP contribution < -0.4 is 4.74 Å². The maximum absolute atomic E-state index is 13.4. The highest BCUT2D eigenvalue weighted by atomic mass is 35.5. The molecule has 2 rings (SSSR count). The summed E-state index contributed by atoms with van der Waals surface area (Å²) in [5.41, 5.74) is -0.491. The van der Waals surface area contributed by atoms with Gasteiger partial charge in [0.2, 0.25) is 0 Å². The average Bonchev–Trinajstić information content (AvgIpc) is 2.87. The van der Waals surface area contributed by atoms with Crippen molar-refractivity contribution in [2.24, 2.45) is 0 Å². The fourth-order valence-electron chi connectivity index (χ4n) is 2.62. The van der Waals surface area contributed by atoms with Crippen LogP contribution >= 0.6 is 23.4 Å². The summed E-state index contributed by atoms with van der Waals surface area (Å²) >= 11 is 6.89. The van der Waals surface area contributed by atoms with Crippen molar-refractivity contribution in [1.29, 1.82) is 0 Å². The highest BCUT2D eigenvalue weighted by molar-refractivity contribution is 8.06. The Bertz CT molecular complexity index is 759. The van der Waals surface area contributed by atoms with Crippen LogP contribution in [0.5, 0.6) is 5.75 Å². The summed E-state index contributed by atoms with van der Waals surface area (Å²) in [6.45, 7) is 3.51. The Hall–Kier alpha value is -1.60. The van der Waals surface area contributed by atoms with Gasteiger partial charge in [-0.15, -0.1) is 0 Å². The molecule has 0 saturated heterocycles. The molecule has 26 heavy (non-hydrogen) atoms. The summed E-state index contributed by atoms with van der Waals surface area (Å²) < 4.78 is 45.4. The van der Waals surface area contributed by atoms with Gasteiger partial charge >= 0.3 is 6.18 Å². The first-order valence-electron chi connectivity index (χ1n) is 8.02. The zero-order chi connectivity index (χ0) is 19.5. The zero-order valence-electron chi connectivity index (χ0n) is 14.6. The summed E-state index contributed by atoms with van der Waals surface area (Å²) in [6, 6.07) is 4.58. The quantitative estimate of drug-likeness (QED) is 0.428. The number of nitrogens with zero attached hydrogens (tertiary/aromatic N) is 1. The molecule has 0 aromatic heterocycles. The Labute approximate surface area is 159 Å². The summed E-state index contributed by atoms with van der Waals surface area (Å²) in [5, 5.41) is 0.607. The molecule has 1 aliphatic rings. The highest BCUT2D eigenvalue weighted by Gasteiger charge is 2.44. The number of allylic oxidation sites excluding steroid dienone is 3. The topological polar surface area (TPSA) is 29.5 Å². The van der Waals surface area contributed by atoms with E-state index in [0.29, 0.717) is 17.2 Å². The van der Waals surface area contributed by atoms with E-state index in [-0.39, 0.29) is 22.0 Å². The summed E-state index contributed by atoms with van der Waals surface area (Å²) in [6.07, 6.45) is -1.93. The maximum atomic E-state index is 13.4. The lowest BCUT2D eigenvalue weighted by molar-refractivity contribution is -0.108. The third kappa shape index (κ3) is 4.57. The van der Waals surface area contributed by atoms with E-state index in [1.54, 1.807) is 12.1 Å². The molecule has 0 amide bonds. The van der Waals surface area contributed by atoms with Gasteiger partial charge in [0.25, 0.3) is 0 Å². The molecule has 142 valence electrons. The lowest BCUT2D eigenvalue weighted by Crippen LogP contribution is -2.29. The normalized spacial score (nSPS) is 16.6. The second kappa shape index (κ2) is 8.39. The van der Waals surface area contributed by atoms with Crippen LogP contribution in [0.15, 0.2) is 39.9 Å². The van der Waals surface area contributed by atoms with Gasteiger partial charge in [-0.3, -0.25) is 4.79 Å². The second-order valence-corrected chi connectivity index (χ2v) is 7.37. The number of hydrogen-bond donors (Lipinski definition) is 0. The van der Waals surface area contributed by atoms with E-state index >= 15 is 0 Å². The lowest BCUT2D eigenvalue weighted by Gasteiger charge is -2.24. The Morgan fingerprint density at radius 2 is 2.08 bits per heavy atom. The van der Waals surface area contributed by atoms with E-state index in [2.05, 4.69) is 0 Å². The van der Waals surface area contributed by atoms with Crippen molar-refractivity contribution >= 4 is 29.1 Å². The molecule has 0 saturated carbocycles. The lowest BCUT2D eigenvalue weighted by atomic mass is 10.1. The van der Waals surface area contributed by atoms with Crippen LogP contribution in [-0.4, -0.2) is 30.5 Å². The van der Waals surface area contributed by atoms with Crippen LogP contribution in [0.2, 0.25) is 5.02 Å². The van der Waals surface area contributed by atoms with Gasteiger partial charge in [-0.05, 0) is 31.5 Å². The van der Waals surface area contributed by atoms with Crippen molar-refractivity contribution in [3.05, 3.63) is 50.5 Å². The van der Waals surface area contributed by atoms with E-state index in [4.69, 9.17) is 16.3 Å². The van der Waals surface area contributed by atoms with Crippen LogP contribution in [0.3, 0.4) is 0 Å². The third-order valence-corrected chi connectivity index (χ3v) is 5.09. The molecule has 1 aromatic rings. The van der Waals surface area contributed by atoms with Gasteiger partial charge in [0.1, 0.15) is 11.4 Å². The number of hydrogen-bond acceptors (Lipinski definition) is 4. The molecule has 1 heterocycles. The van der Waals surface area contributed by atoms with Gasteiger partial charge in [0, 0.05) is 22.5 Å². The molecular weight excluding hydrogens is 387 g/mol. The van der Waals surface area contributed by atoms with E-state index < -0.39 is 17.7 Å². The number of methoxy groups -OCH3 is 1. The molecule has 0 bridgehead atoms. The third-order valence-electron chi connectivity index (χ3n) is 3.81. The molecule has 0 atom stereocenters. The molecule has 0 aliphatic carbocycles. The van der Waals surface area contributed by atoms with E-state index in [1.807, 2.05) is 6.92 Å². The molecule has 3 nitrogen and oxygen atoms in total.